The third-order valence-electron chi connectivity index (χ3n) is 3.48. The lowest BCUT2D eigenvalue weighted by molar-refractivity contribution is 0.299. The van der Waals surface area contributed by atoms with Crippen molar-refractivity contribution >= 4 is 0 Å². The second kappa shape index (κ2) is 5.48. The van der Waals surface area contributed by atoms with Crippen LogP contribution in [-0.2, 0) is 6.61 Å². The molecule has 0 saturated heterocycles. The molecule has 21 heavy (non-hydrogen) atoms. The van der Waals surface area contributed by atoms with Crippen LogP contribution in [0.1, 0.15) is 22.6 Å². The van der Waals surface area contributed by atoms with Gasteiger partial charge < -0.3 is 13.6 Å². The van der Waals surface area contributed by atoms with Gasteiger partial charge in [0, 0.05) is 0 Å². The highest BCUT2D eigenvalue weighted by molar-refractivity contribution is 5.44. The molecule has 3 aromatic rings. The average Bonchev–Trinajstić information content (AvgIpc) is 3.10. The Hall–Kier alpha value is -2.49. The molecule has 2 aromatic heterocycles. The number of furan rings is 1. The van der Waals surface area contributed by atoms with Gasteiger partial charge in [-0.2, -0.15) is 0 Å². The predicted molar refractivity (Wildman–Crippen MR) is 79.2 cm³/mol. The Morgan fingerprint density at radius 2 is 1.95 bits per heavy atom. The zero-order valence-corrected chi connectivity index (χ0v) is 12.3. The molecule has 0 aliphatic carbocycles. The third kappa shape index (κ3) is 2.84. The Morgan fingerprint density at radius 3 is 2.67 bits per heavy atom. The van der Waals surface area contributed by atoms with Crippen molar-refractivity contribution in [1.29, 1.82) is 0 Å². The molecule has 0 spiro atoms. The van der Waals surface area contributed by atoms with E-state index in [1.165, 1.54) is 11.1 Å². The molecular formula is C17H17NO3. The molecule has 0 fully saturated rings. The maximum Gasteiger partial charge on any atom is 0.263 e. The van der Waals surface area contributed by atoms with Gasteiger partial charge in [-0.3, -0.25) is 0 Å². The van der Waals surface area contributed by atoms with Gasteiger partial charge in [0.2, 0.25) is 0 Å². The van der Waals surface area contributed by atoms with Crippen molar-refractivity contribution in [2.75, 3.05) is 0 Å². The molecule has 0 bridgehead atoms. The maximum atomic E-state index is 5.79. The van der Waals surface area contributed by atoms with Crippen molar-refractivity contribution in [3.05, 3.63) is 59.2 Å². The monoisotopic (exact) mass is 283 g/mol. The Bertz CT molecular complexity index is 741. The Morgan fingerprint density at radius 1 is 1.10 bits per heavy atom. The molecular weight excluding hydrogens is 266 g/mol. The fourth-order valence-electron chi connectivity index (χ4n) is 2.02. The lowest BCUT2D eigenvalue weighted by Crippen LogP contribution is -1.98. The Kier molecular flexibility index (Phi) is 3.52. The molecule has 4 heteroatoms. The van der Waals surface area contributed by atoms with E-state index in [1.807, 2.05) is 25.1 Å². The summed E-state index contributed by atoms with van der Waals surface area (Å²) >= 11 is 0. The van der Waals surface area contributed by atoms with E-state index < -0.39 is 0 Å². The average molecular weight is 283 g/mol. The van der Waals surface area contributed by atoms with Crippen LogP contribution in [0.4, 0.5) is 0 Å². The second-order valence-electron chi connectivity index (χ2n) is 5.03. The van der Waals surface area contributed by atoms with Crippen molar-refractivity contribution < 1.29 is 13.6 Å². The fourth-order valence-corrected chi connectivity index (χ4v) is 2.02. The Balaban J connectivity index is 1.74. The van der Waals surface area contributed by atoms with E-state index in [-0.39, 0.29) is 0 Å². The highest BCUT2D eigenvalue weighted by Crippen LogP contribution is 2.23. The van der Waals surface area contributed by atoms with Crippen LogP contribution in [0.3, 0.4) is 0 Å². The summed E-state index contributed by atoms with van der Waals surface area (Å²) in [5, 5.41) is 0. The summed E-state index contributed by atoms with van der Waals surface area (Å²) in [6.45, 7) is 6.39. The lowest BCUT2D eigenvalue weighted by Gasteiger charge is -2.07. The molecule has 0 aliphatic rings. The molecule has 4 nitrogen and oxygen atoms in total. The van der Waals surface area contributed by atoms with Crippen LogP contribution in [0.2, 0.25) is 0 Å². The van der Waals surface area contributed by atoms with Crippen molar-refractivity contribution in [3.8, 4) is 17.4 Å². The highest BCUT2D eigenvalue weighted by atomic mass is 16.5. The molecule has 0 aliphatic heterocycles. The van der Waals surface area contributed by atoms with E-state index >= 15 is 0 Å². The quantitative estimate of drug-likeness (QED) is 0.710. The van der Waals surface area contributed by atoms with Crippen LogP contribution < -0.4 is 4.74 Å². The van der Waals surface area contributed by atoms with Crippen molar-refractivity contribution in [2.24, 2.45) is 0 Å². The van der Waals surface area contributed by atoms with E-state index in [2.05, 4.69) is 24.9 Å². The normalized spacial score (nSPS) is 10.8. The molecule has 0 atom stereocenters. The zero-order valence-electron chi connectivity index (χ0n) is 12.3. The van der Waals surface area contributed by atoms with Gasteiger partial charge in [-0.1, -0.05) is 6.07 Å². The number of aryl methyl sites for hydroxylation is 3. The first-order chi connectivity index (χ1) is 10.1. The second-order valence-corrected chi connectivity index (χ2v) is 5.03. The highest BCUT2D eigenvalue weighted by Gasteiger charge is 2.13. The van der Waals surface area contributed by atoms with Gasteiger partial charge in [-0.05, 0) is 56.2 Å². The number of ether oxygens (including phenoxy) is 1. The number of nitrogens with zero attached hydrogens (tertiary/aromatic N) is 1. The third-order valence-corrected chi connectivity index (χ3v) is 3.48. The number of benzene rings is 1. The number of aromatic nitrogens is 1. The SMILES string of the molecule is Cc1ccc(OCc2nc(-c3ccco3)oc2C)cc1C. The van der Waals surface area contributed by atoms with Gasteiger partial charge in [0.05, 0.1) is 6.26 Å². The van der Waals surface area contributed by atoms with Gasteiger partial charge in [-0.25, -0.2) is 4.98 Å². The summed E-state index contributed by atoms with van der Waals surface area (Å²) in [6.07, 6.45) is 1.60. The first-order valence-electron chi connectivity index (χ1n) is 6.84. The molecule has 0 N–H and O–H groups in total. The van der Waals surface area contributed by atoms with Crippen LogP contribution in [0.25, 0.3) is 11.7 Å². The van der Waals surface area contributed by atoms with E-state index in [4.69, 9.17) is 13.6 Å². The van der Waals surface area contributed by atoms with Crippen LogP contribution in [0.15, 0.2) is 45.4 Å². The number of hydrogen-bond acceptors (Lipinski definition) is 4. The molecule has 1 aromatic carbocycles. The fraction of sp³-hybridized carbons (Fsp3) is 0.235. The molecule has 0 unspecified atom stereocenters. The minimum Gasteiger partial charge on any atom is -0.487 e. The van der Waals surface area contributed by atoms with E-state index in [0.29, 0.717) is 18.3 Å². The van der Waals surface area contributed by atoms with Crippen LogP contribution in [0, 0.1) is 20.8 Å². The molecule has 0 saturated carbocycles. The van der Waals surface area contributed by atoms with Crippen molar-refractivity contribution in [3.63, 3.8) is 0 Å². The topological polar surface area (TPSA) is 48.4 Å². The molecule has 108 valence electrons. The van der Waals surface area contributed by atoms with Crippen molar-refractivity contribution in [2.45, 2.75) is 27.4 Å². The van der Waals surface area contributed by atoms with Gasteiger partial charge in [0.1, 0.15) is 23.8 Å². The zero-order chi connectivity index (χ0) is 14.8. The van der Waals surface area contributed by atoms with E-state index in [0.717, 1.165) is 17.2 Å². The largest absolute Gasteiger partial charge is 0.487 e. The predicted octanol–water partition coefficient (Wildman–Crippen LogP) is 4.44. The lowest BCUT2D eigenvalue weighted by atomic mass is 10.1. The van der Waals surface area contributed by atoms with Gasteiger partial charge in [0.25, 0.3) is 5.89 Å². The summed E-state index contributed by atoms with van der Waals surface area (Å²) < 4.78 is 16.7. The first-order valence-corrected chi connectivity index (χ1v) is 6.84. The van der Waals surface area contributed by atoms with Crippen LogP contribution in [0.5, 0.6) is 5.75 Å². The molecule has 0 amide bonds. The molecule has 0 radical (unpaired) electrons. The minimum atomic E-state index is 0.374. The number of hydrogen-bond donors (Lipinski definition) is 0. The summed E-state index contributed by atoms with van der Waals surface area (Å²) in [4.78, 5) is 4.42. The first kappa shape index (κ1) is 13.5. The summed E-state index contributed by atoms with van der Waals surface area (Å²) in [6, 6.07) is 9.66. The van der Waals surface area contributed by atoms with E-state index in [9.17, 15) is 0 Å². The van der Waals surface area contributed by atoms with Gasteiger partial charge in [-0.15, -0.1) is 0 Å². The maximum absolute atomic E-state index is 5.79. The van der Waals surface area contributed by atoms with Gasteiger partial charge >= 0.3 is 0 Å². The summed E-state index contributed by atoms with van der Waals surface area (Å²) in [7, 11) is 0. The standard InChI is InChI=1S/C17H17NO3/c1-11-6-7-14(9-12(11)2)20-10-15-13(3)21-17(18-15)16-5-4-8-19-16/h4-9H,10H2,1-3H3. The van der Waals surface area contributed by atoms with Crippen LogP contribution >= 0.6 is 0 Å². The summed E-state index contributed by atoms with van der Waals surface area (Å²) in [5.41, 5.74) is 3.24. The van der Waals surface area contributed by atoms with Gasteiger partial charge in [0.15, 0.2) is 5.76 Å². The van der Waals surface area contributed by atoms with E-state index in [1.54, 1.807) is 12.3 Å². The van der Waals surface area contributed by atoms with Crippen LogP contribution in [-0.4, -0.2) is 4.98 Å². The number of oxazole rings is 1. The minimum absolute atomic E-state index is 0.374. The molecule has 3 rings (SSSR count). The number of rotatable bonds is 4. The summed E-state index contributed by atoms with van der Waals surface area (Å²) in [5.74, 6) is 2.68. The Labute approximate surface area is 123 Å². The smallest absolute Gasteiger partial charge is 0.263 e. The molecule has 2 heterocycles. The van der Waals surface area contributed by atoms with Crippen molar-refractivity contribution in [1.82, 2.24) is 4.98 Å².